The highest BCUT2D eigenvalue weighted by atomic mass is 32.2. The van der Waals surface area contributed by atoms with Crippen LogP contribution in [-0.2, 0) is 4.79 Å². The number of thioether (sulfide) groups is 1. The topological polar surface area (TPSA) is 84.2 Å². The van der Waals surface area contributed by atoms with Crippen molar-refractivity contribution in [3.8, 4) is 11.3 Å². The number of benzene rings is 1. The number of halogens is 1. The van der Waals surface area contributed by atoms with Gasteiger partial charge in [-0.2, -0.15) is 0 Å². The highest BCUT2D eigenvalue weighted by Crippen LogP contribution is 2.26. The van der Waals surface area contributed by atoms with Crippen LogP contribution in [0.15, 0.2) is 40.1 Å². The Kier molecular flexibility index (Phi) is 6.49. The van der Waals surface area contributed by atoms with Gasteiger partial charge in [-0.1, -0.05) is 31.5 Å². The molecule has 8 heteroatoms. The summed E-state index contributed by atoms with van der Waals surface area (Å²) in [6.45, 7) is 2.11. The van der Waals surface area contributed by atoms with Gasteiger partial charge in [-0.05, 0) is 43.0 Å². The minimum atomic E-state index is -0.459. The van der Waals surface area contributed by atoms with Crippen LogP contribution in [0.2, 0.25) is 0 Å². The highest BCUT2D eigenvalue weighted by molar-refractivity contribution is 7.99. The third kappa shape index (κ3) is 5.56. The fourth-order valence-corrected chi connectivity index (χ4v) is 3.70. The minimum absolute atomic E-state index is 0.0109. The molecule has 1 aromatic carbocycles. The normalized spacial score (nSPS) is 19.5. The Morgan fingerprint density at radius 1 is 1.26 bits per heavy atom. The van der Waals surface area contributed by atoms with Gasteiger partial charge in [0.25, 0.3) is 5.22 Å². The maximum absolute atomic E-state index is 13.0. The number of oxazole rings is 1. The van der Waals surface area contributed by atoms with E-state index in [-0.39, 0.29) is 17.6 Å². The third-order valence-corrected chi connectivity index (χ3v) is 5.46. The average Bonchev–Trinajstić information content (AvgIpc) is 3.11. The molecular formula is C19H22FN3O3S. The Morgan fingerprint density at radius 3 is 2.74 bits per heavy atom. The molecule has 0 saturated heterocycles. The van der Waals surface area contributed by atoms with Crippen LogP contribution in [0.3, 0.4) is 0 Å². The van der Waals surface area contributed by atoms with Gasteiger partial charge < -0.3 is 9.73 Å². The maximum Gasteiger partial charge on any atom is 0.321 e. The molecule has 2 N–H and O–H groups in total. The molecule has 6 nitrogen and oxygen atoms in total. The molecule has 0 spiro atoms. The van der Waals surface area contributed by atoms with Crippen molar-refractivity contribution in [2.24, 2.45) is 5.92 Å². The van der Waals surface area contributed by atoms with Gasteiger partial charge >= 0.3 is 6.03 Å². The first-order valence-electron chi connectivity index (χ1n) is 8.96. The number of hydrogen-bond donors (Lipinski definition) is 2. The van der Waals surface area contributed by atoms with E-state index in [1.54, 1.807) is 12.1 Å². The van der Waals surface area contributed by atoms with Gasteiger partial charge in [-0.25, -0.2) is 14.2 Å². The zero-order valence-corrected chi connectivity index (χ0v) is 15.9. The number of nitrogens with one attached hydrogen (secondary N) is 2. The number of carbonyl (C=O) groups is 2. The van der Waals surface area contributed by atoms with Crippen LogP contribution in [0.4, 0.5) is 9.18 Å². The van der Waals surface area contributed by atoms with Gasteiger partial charge in [0.1, 0.15) is 5.82 Å². The number of imide groups is 1. The Hall–Kier alpha value is -2.35. The lowest BCUT2D eigenvalue weighted by molar-refractivity contribution is -0.117. The van der Waals surface area contributed by atoms with Crippen LogP contribution in [-0.4, -0.2) is 28.7 Å². The number of aromatic nitrogens is 1. The molecular weight excluding hydrogens is 369 g/mol. The van der Waals surface area contributed by atoms with Gasteiger partial charge in [0.05, 0.1) is 11.9 Å². The summed E-state index contributed by atoms with van der Waals surface area (Å²) < 4.78 is 18.5. The van der Waals surface area contributed by atoms with Crippen LogP contribution in [0.25, 0.3) is 11.3 Å². The number of amides is 3. The van der Waals surface area contributed by atoms with Crippen LogP contribution < -0.4 is 10.6 Å². The summed E-state index contributed by atoms with van der Waals surface area (Å²) in [5.74, 6) is 0.179. The van der Waals surface area contributed by atoms with E-state index >= 15 is 0 Å². The molecule has 0 aliphatic heterocycles. The Balaban J connectivity index is 1.45. The number of urea groups is 1. The van der Waals surface area contributed by atoms with E-state index in [9.17, 15) is 14.0 Å². The molecule has 3 rings (SSSR count). The molecule has 1 aliphatic rings. The van der Waals surface area contributed by atoms with Crippen LogP contribution >= 0.6 is 11.8 Å². The number of hydrogen-bond acceptors (Lipinski definition) is 5. The fourth-order valence-electron chi connectivity index (χ4n) is 3.10. The van der Waals surface area contributed by atoms with Crippen molar-refractivity contribution in [1.82, 2.24) is 15.6 Å². The SMILES string of the molecule is C[C@@H]1CCCC[C@@H]1NC(=O)NC(=O)CSc1ncc(-c2ccc(F)cc2)o1. The summed E-state index contributed by atoms with van der Waals surface area (Å²) in [6, 6.07) is 5.51. The summed E-state index contributed by atoms with van der Waals surface area (Å²) >= 11 is 1.09. The lowest BCUT2D eigenvalue weighted by Gasteiger charge is -2.29. The first-order chi connectivity index (χ1) is 13.0. The van der Waals surface area contributed by atoms with Gasteiger partial charge in [0.15, 0.2) is 5.76 Å². The van der Waals surface area contributed by atoms with Gasteiger partial charge in [-0.15, -0.1) is 0 Å². The number of carbonyl (C=O) groups excluding carboxylic acids is 2. The van der Waals surface area contributed by atoms with E-state index in [0.29, 0.717) is 22.5 Å². The summed E-state index contributed by atoms with van der Waals surface area (Å²) in [7, 11) is 0. The predicted molar refractivity (Wildman–Crippen MR) is 101 cm³/mol. The molecule has 1 fully saturated rings. The van der Waals surface area contributed by atoms with E-state index in [0.717, 1.165) is 31.0 Å². The average molecular weight is 391 g/mol. The van der Waals surface area contributed by atoms with E-state index in [1.807, 2.05) is 0 Å². The van der Waals surface area contributed by atoms with Crippen molar-refractivity contribution < 1.29 is 18.4 Å². The molecule has 0 radical (unpaired) electrons. The van der Waals surface area contributed by atoms with E-state index in [2.05, 4.69) is 22.5 Å². The van der Waals surface area contributed by atoms with Crippen molar-refractivity contribution in [1.29, 1.82) is 0 Å². The minimum Gasteiger partial charge on any atom is -0.431 e. The smallest absolute Gasteiger partial charge is 0.321 e. The zero-order chi connectivity index (χ0) is 19.2. The molecule has 1 aromatic heterocycles. The number of nitrogens with zero attached hydrogens (tertiary/aromatic N) is 1. The fraction of sp³-hybridized carbons (Fsp3) is 0.421. The molecule has 2 aromatic rings. The van der Waals surface area contributed by atoms with E-state index in [4.69, 9.17) is 4.42 Å². The standard InChI is InChI=1S/C19H22FN3O3S/c1-12-4-2-3-5-15(12)22-18(25)23-17(24)11-27-19-21-10-16(26-19)13-6-8-14(20)9-7-13/h6-10,12,15H,2-5,11H2,1H3,(H2,22,23,24,25)/t12-,15+/m1/s1. The summed E-state index contributed by atoms with van der Waals surface area (Å²) in [6.07, 6.45) is 5.84. The lowest BCUT2D eigenvalue weighted by atomic mass is 9.86. The summed E-state index contributed by atoms with van der Waals surface area (Å²) in [5, 5.41) is 5.53. The second-order valence-electron chi connectivity index (χ2n) is 6.68. The second kappa shape index (κ2) is 9.03. The largest absolute Gasteiger partial charge is 0.431 e. The zero-order valence-electron chi connectivity index (χ0n) is 15.0. The lowest BCUT2D eigenvalue weighted by Crippen LogP contribution is -2.48. The predicted octanol–water partition coefficient (Wildman–Crippen LogP) is 3.98. The molecule has 1 heterocycles. The second-order valence-corrected chi connectivity index (χ2v) is 7.60. The first kappa shape index (κ1) is 19.4. The highest BCUT2D eigenvalue weighted by Gasteiger charge is 2.23. The first-order valence-corrected chi connectivity index (χ1v) is 9.95. The Labute approximate surface area is 161 Å². The summed E-state index contributed by atoms with van der Waals surface area (Å²) in [4.78, 5) is 28.0. The van der Waals surface area contributed by atoms with Gasteiger partial charge in [0, 0.05) is 11.6 Å². The molecule has 27 heavy (non-hydrogen) atoms. The maximum atomic E-state index is 13.0. The van der Waals surface area contributed by atoms with Crippen molar-refractivity contribution in [3.05, 3.63) is 36.3 Å². The third-order valence-electron chi connectivity index (χ3n) is 4.62. The van der Waals surface area contributed by atoms with Gasteiger partial charge in [-0.3, -0.25) is 10.1 Å². The van der Waals surface area contributed by atoms with E-state index in [1.165, 1.54) is 24.8 Å². The Bertz CT molecular complexity index is 794. The molecule has 1 saturated carbocycles. The van der Waals surface area contributed by atoms with Crippen molar-refractivity contribution in [2.75, 3.05) is 5.75 Å². The summed E-state index contributed by atoms with van der Waals surface area (Å²) in [5.41, 5.74) is 0.696. The molecule has 3 amide bonds. The molecule has 0 bridgehead atoms. The van der Waals surface area contributed by atoms with E-state index < -0.39 is 11.9 Å². The molecule has 1 aliphatic carbocycles. The van der Waals surface area contributed by atoms with Crippen molar-refractivity contribution in [3.63, 3.8) is 0 Å². The Morgan fingerprint density at radius 2 is 2.00 bits per heavy atom. The van der Waals surface area contributed by atoms with Crippen molar-refractivity contribution >= 4 is 23.7 Å². The van der Waals surface area contributed by atoms with Crippen molar-refractivity contribution in [2.45, 2.75) is 43.9 Å². The van der Waals surface area contributed by atoms with Gasteiger partial charge in [0.2, 0.25) is 5.91 Å². The van der Waals surface area contributed by atoms with Crippen LogP contribution in [0.1, 0.15) is 32.6 Å². The quantitative estimate of drug-likeness (QED) is 0.753. The molecule has 2 atom stereocenters. The molecule has 0 unspecified atom stereocenters. The monoisotopic (exact) mass is 391 g/mol. The van der Waals surface area contributed by atoms with Crippen LogP contribution in [0, 0.1) is 11.7 Å². The van der Waals surface area contributed by atoms with Crippen LogP contribution in [0.5, 0.6) is 0 Å². The number of rotatable bonds is 5. The molecule has 144 valence electrons.